The maximum atomic E-state index is 5.89. The Bertz CT molecular complexity index is 218. The van der Waals surface area contributed by atoms with Gasteiger partial charge in [-0.25, -0.2) is 0 Å². The van der Waals surface area contributed by atoms with Crippen molar-refractivity contribution >= 4 is 16.6 Å². The maximum Gasteiger partial charge on any atom is 0.183 e. The molecule has 0 aliphatic heterocycles. The van der Waals surface area contributed by atoms with E-state index in [9.17, 15) is 0 Å². The van der Waals surface area contributed by atoms with Crippen molar-refractivity contribution in [3.63, 3.8) is 0 Å². The summed E-state index contributed by atoms with van der Waals surface area (Å²) in [6.07, 6.45) is 2.19. The first kappa shape index (κ1) is 20.3. The SMILES string of the molecule is C[Si](C)(C)OCCCN(CCN)CCCO[Si](C)(C)C. The minimum absolute atomic E-state index is 0.726. The average molecular weight is 321 g/mol. The van der Waals surface area contributed by atoms with Gasteiger partial charge in [0.1, 0.15) is 0 Å². The highest BCUT2D eigenvalue weighted by Crippen LogP contribution is 2.05. The summed E-state index contributed by atoms with van der Waals surface area (Å²) in [6, 6.07) is 0. The summed E-state index contributed by atoms with van der Waals surface area (Å²) >= 11 is 0. The van der Waals surface area contributed by atoms with Crippen molar-refractivity contribution in [2.24, 2.45) is 5.73 Å². The van der Waals surface area contributed by atoms with Crippen LogP contribution in [0.15, 0.2) is 0 Å². The van der Waals surface area contributed by atoms with Crippen molar-refractivity contribution in [1.82, 2.24) is 4.90 Å². The fourth-order valence-electron chi connectivity index (χ4n) is 1.85. The lowest BCUT2D eigenvalue weighted by molar-refractivity contribution is 0.214. The van der Waals surface area contributed by atoms with Gasteiger partial charge in [-0.2, -0.15) is 0 Å². The first-order chi connectivity index (χ1) is 9.14. The van der Waals surface area contributed by atoms with Crippen molar-refractivity contribution in [1.29, 1.82) is 0 Å². The maximum absolute atomic E-state index is 5.89. The molecule has 0 spiro atoms. The molecule has 0 radical (unpaired) electrons. The molecule has 0 heterocycles. The summed E-state index contributed by atoms with van der Waals surface area (Å²) in [4.78, 5) is 2.43. The molecular weight excluding hydrogens is 284 g/mol. The van der Waals surface area contributed by atoms with Crippen LogP contribution in [0.5, 0.6) is 0 Å². The number of nitrogens with two attached hydrogens (primary N) is 1. The highest BCUT2D eigenvalue weighted by atomic mass is 28.4. The standard InChI is InChI=1S/C14H36N2O2Si2/c1-19(2,3)17-13-7-10-16(12-9-15)11-8-14-18-20(4,5)6/h7-15H2,1-6H3. The molecule has 6 heteroatoms. The van der Waals surface area contributed by atoms with Crippen LogP contribution >= 0.6 is 0 Å². The van der Waals surface area contributed by atoms with Gasteiger partial charge in [-0.3, -0.25) is 0 Å². The van der Waals surface area contributed by atoms with Crippen molar-refractivity contribution < 1.29 is 8.85 Å². The lowest BCUT2D eigenvalue weighted by Gasteiger charge is -2.24. The van der Waals surface area contributed by atoms with E-state index in [0.29, 0.717) is 0 Å². The number of rotatable bonds is 12. The van der Waals surface area contributed by atoms with Gasteiger partial charge >= 0.3 is 0 Å². The third kappa shape index (κ3) is 14.7. The molecule has 0 aromatic rings. The van der Waals surface area contributed by atoms with Gasteiger partial charge in [0.05, 0.1) is 0 Å². The molecular formula is C14H36N2O2Si2. The number of nitrogens with zero attached hydrogens (tertiary/aromatic N) is 1. The van der Waals surface area contributed by atoms with Gasteiger partial charge in [0.15, 0.2) is 16.6 Å². The second-order valence-electron chi connectivity index (χ2n) is 7.26. The minimum atomic E-state index is -1.36. The van der Waals surface area contributed by atoms with Crippen LogP contribution in [0.2, 0.25) is 39.3 Å². The normalized spacial score (nSPS) is 13.2. The topological polar surface area (TPSA) is 47.7 Å². The minimum Gasteiger partial charge on any atom is -0.418 e. The van der Waals surface area contributed by atoms with Crippen molar-refractivity contribution in [3.8, 4) is 0 Å². The fourth-order valence-corrected chi connectivity index (χ4v) is 3.36. The summed E-state index contributed by atoms with van der Waals surface area (Å²) in [6.45, 7) is 19.0. The van der Waals surface area contributed by atoms with E-state index in [2.05, 4.69) is 44.2 Å². The molecule has 0 saturated carbocycles. The second-order valence-corrected chi connectivity index (χ2v) is 16.3. The van der Waals surface area contributed by atoms with E-state index < -0.39 is 16.6 Å². The average Bonchev–Trinajstić information content (AvgIpc) is 2.27. The van der Waals surface area contributed by atoms with E-state index in [1.54, 1.807) is 0 Å². The molecule has 0 rings (SSSR count). The van der Waals surface area contributed by atoms with Crippen LogP contribution in [-0.4, -0.2) is 60.9 Å². The van der Waals surface area contributed by atoms with Crippen LogP contribution < -0.4 is 5.73 Å². The quantitative estimate of drug-likeness (QED) is 0.444. The number of hydrogen-bond acceptors (Lipinski definition) is 4. The van der Waals surface area contributed by atoms with Crippen LogP contribution in [0.3, 0.4) is 0 Å². The molecule has 2 N–H and O–H groups in total. The molecule has 0 bridgehead atoms. The largest absolute Gasteiger partial charge is 0.418 e. The first-order valence-corrected chi connectivity index (χ1v) is 14.7. The van der Waals surface area contributed by atoms with Crippen molar-refractivity contribution in [2.45, 2.75) is 52.1 Å². The molecule has 20 heavy (non-hydrogen) atoms. The van der Waals surface area contributed by atoms with Crippen molar-refractivity contribution in [2.75, 3.05) is 39.4 Å². The van der Waals surface area contributed by atoms with Crippen LogP contribution in [-0.2, 0) is 8.85 Å². The zero-order valence-electron chi connectivity index (χ0n) is 14.5. The molecule has 0 aliphatic rings. The van der Waals surface area contributed by atoms with Gasteiger partial charge < -0.3 is 19.5 Å². The Morgan fingerprint density at radius 2 is 1.15 bits per heavy atom. The molecule has 0 atom stereocenters. The summed E-state index contributed by atoms with van der Waals surface area (Å²) in [5, 5.41) is 0. The zero-order valence-corrected chi connectivity index (χ0v) is 16.5. The Kier molecular flexibility index (Phi) is 10.2. The Morgan fingerprint density at radius 3 is 1.45 bits per heavy atom. The van der Waals surface area contributed by atoms with Crippen LogP contribution in [0.4, 0.5) is 0 Å². The monoisotopic (exact) mass is 320 g/mol. The lowest BCUT2D eigenvalue weighted by atomic mass is 10.3. The van der Waals surface area contributed by atoms with Crippen molar-refractivity contribution in [3.05, 3.63) is 0 Å². The van der Waals surface area contributed by atoms with Crippen LogP contribution in [0.1, 0.15) is 12.8 Å². The molecule has 0 unspecified atom stereocenters. The molecule has 4 nitrogen and oxygen atoms in total. The highest BCUT2D eigenvalue weighted by molar-refractivity contribution is 6.70. The second kappa shape index (κ2) is 10.1. The van der Waals surface area contributed by atoms with Gasteiger partial charge in [-0.15, -0.1) is 0 Å². The fraction of sp³-hybridized carbons (Fsp3) is 1.00. The van der Waals surface area contributed by atoms with E-state index >= 15 is 0 Å². The van der Waals surface area contributed by atoms with E-state index in [1.807, 2.05) is 0 Å². The zero-order chi connectivity index (χ0) is 15.6. The van der Waals surface area contributed by atoms with Crippen LogP contribution in [0, 0.1) is 0 Å². The third-order valence-electron chi connectivity index (χ3n) is 2.75. The van der Waals surface area contributed by atoms with Gasteiger partial charge in [0, 0.05) is 39.4 Å². The molecule has 0 aromatic heterocycles. The van der Waals surface area contributed by atoms with E-state index in [0.717, 1.165) is 52.2 Å². The molecule has 0 fully saturated rings. The molecule has 0 aromatic carbocycles. The molecule has 0 saturated heterocycles. The van der Waals surface area contributed by atoms with Gasteiger partial charge in [-0.1, -0.05) is 0 Å². The lowest BCUT2D eigenvalue weighted by Crippen LogP contribution is -2.34. The molecule has 0 amide bonds. The smallest absolute Gasteiger partial charge is 0.183 e. The van der Waals surface area contributed by atoms with E-state index in [-0.39, 0.29) is 0 Å². The van der Waals surface area contributed by atoms with E-state index in [4.69, 9.17) is 14.6 Å². The summed E-state index contributed by atoms with van der Waals surface area (Å²) < 4.78 is 11.8. The Balaban J connectivity index is 3.76. The number of hydrogen-bond donors (Lipinski definition) is 1. The highest BCUT2D eigenvalue weighted by Gasteiger charge is 2.15. The van der Waals surface area contributed by atoms with E-state index in [1.165, 1.54) is 0 Å². The summed E-state index contributed by atoms with van der Waals surface area (Å²) in [5.41, 5.74) is 5.69. The molecule has 122 valence electrons. The third-order valence-corrected chi connectivity index (χ3v) is 4.89. The summed E-state index contributed by atoms with van der Waals surface area (Å²) in [7, 11) is -2.72. The van der Waals surface area contributed by atoms with Gasteiger partial charge in [-0.05, 0) is 52.1 Å². The van der Waals surface area contributed by atoms with Gasteiger partial charge in [0.2, 0.25) is 0 Å². The Hall–Kier alpha value is 0.274. The Morgan fingerprint density at radius 1 is 0.750 bits per heavy atom. The molecule has 0 aliphatic carbocycles. The predicted octanol–water partition coefficient (Wildman–Crippen LogP) is 2.73. The first-order valence-electron chi connectivity index (χ1n) is 7.84. The predicted molar refractivity (Wildman–Crippen MR) is 93.3 cm³/mol. The van der Waals surface area contributed by atoms with Crippen LogP contribution in [0.25, 0.3) is 0 Å². The Labute approximate surface area is 128 Å². The summed E-state index contributed by atoms with van der Waals surface area (Å²) in [5.74, 6) is 0. The van der Waals surface area contributed by atoms with Gasteiger partial charge in [0.25, 0.3) is 0 Å².